The highest BCUT2D eigenvalue weighted by atomic mass is 32.2. The van der Waals surface area contributed by atoms with Crippen LogP contribution in [0.15, 0.2) is 53.6 Å². The van der Waals surface area contributed by atoms with Crippen molar-refractivity contribution in [2.45, 2.75) is 17.5 Å². The molecule has 4 nitrogen and oxygen atoms in total. The van der Waals surface area contributed by atoms with E-state index >= 15 is 0 Å². The number of benzene rings is 1. The van der Waals surface area contributed by atoms with Gasteiger partial charge >= 0.3 is 6.18 Å². The Morgan fingerprint density at radius 2 is 1.73 bits per heavy atom. The van der Waals surface area contributed by atoms with Crippen LogP contribution >= 0.6 is 0 Å². The van der Waals surface area contributed by atoms with Gasteiger partial charge < -0.3 is 0 Å². The van der Waals surface area contributed by atoms with Crippen LogP contribution in [-0.2, 0) is 22.6 Å². The van der Waals surface area contributed by atoms with Gasteiger partial charge in [-0.1, -0.05) is 6.07 Å². The van der Waals surface area contributed by atoms with E-state index in [0.29, 0.717) is 6.42 Å². The molecule has 8 heteroatoms. The van der Waals surface area contributed by atoms with Crippen LogP contribution in [0.1, 0.15) is 11.3 Å². The zero-order valence-electron chi connectivity index (χ0n) is 11.3. The highest BCUT2D eigenvalue weighted by Crippen LogP contribution is 2.29. The van der Waals surface area contributed by atoms with Gasteiger partial charge in [0.25, 0.3) is 0 Å². The topological polar surface area (TPSA) is 59.1 Å². The summed E-state index contributed by atoms with van der Waals surface area (Å²) in [6, 6.07) is 8.65. The van der Waals surface area contributed by atoms with Gasteiger partial charge in [-0.2, -0.15) is 13.2 Å². The van der Waals surface area contributed by atoms with Crippen molar-refractivity contribution in [3.63, 3.8) is 0 Å². The fraction of sp³-hybridized carbons (Fsp3) is 0.214. The smallest absolute Gasteiger partial charge is 0.261 e. The molecule has 1 aromatic carbocycles. The molecule has 0 atom stereocenters. The van der Waals surface area contributed by atoms with Gasteiger partial charge in [0.2, 0.25) is 10.0 Å². The Bertz CT molecular complexity index is 714. The third-order valence-corrected chi connectivity index (χ3v) is 4.37. The maximum absolute atomic E-state index is 12.4. The molecule has 0 radical (unpaired) electrons. The summed E-state index contributed by atoms with van der Waals surface area (Å²) in [4.78, 5) is 3.84. The number of rotatable bonds is 5. The third kappa shape index (κ3) is 4.28. The number of aromatic nitrogens is 1. The first-order valence-electron chi connectivity index (χ1n) is 6.36. The second-order valence-electron chi connectivity index (χ2n) is 4.49. The maximum Gasteiger partial charge on any atom is 0.416 e. The molecule has 0 saturated carbocycles. The van der Waals surface area contributed by atoms with Crippen LogP contribution in [0.2, 0.25) is 0 Å². The molecule has 0 aliphatic heterocycles. The Kier molecular flexibility index (Phi) is 4.82. The van der Waals surface area contributed by atoms with Crippen molar-refractivity contribution in [1.29, 1.82) is 0 Å². The summed E-state index contributed by atoms with van der Waals surface area (Å²) < 4.78 is 63.6. The number of hydrogen-bond acceptors (Lipinski definition) is 3. The second-order valence-corrected chi connectivity index (χ2v) is 6.26. The summed E-state index contributed by atoms with van der Waals surface area (Å²) in [6.07, 6.45) is -2.50. The number of nitrogens with zero attached hydrogens (tertiary/aromatic N) is 1. The third-order valence-electron chi connectivity index (χ3n) is 2.89. The summed E-state index contributed by atoms with van der Waals surface area (Å²) in [6.45, 7) is 0.111. The molecule has 2 rings (SSSR count). The van der Waals surface area contributed by atoms with Gasteiger partial charge in [0.05, 0.1) is 10.5 Å². The highest BCUT2D eigenvalue weighted by Gasteiger charge is 2.30. The minimum absolute atomic E-state index is 0.111. The van der Waals surface area contributed by atoms with Crippen LogP contribution in [0.5, 0.6) is 0 Å². The minimum Gasteiger partial charge on any atom is -0.261 e. The average Bonchev–Trinajstić information content (AvgIpc) is 2.47. The molecular formula is C14H13F3N2O2S. The normalized spacial score (nSPS) is 12.3. The Morgan fingerprint density at radius 3 is 2.27 bits per heavy atom. The van der Waals surface area contributed by atoms with Gasteiger partial charge in [-0.15, -0.1) is 0 Å². The van der Waals surface area contributed by atoms with Gasteiger partial charge in [0, 0.05) is 24.9 Å². The van der Waals surface area contributed by atoms with Gasteiger partial charge in [-0.05, 0) is 36.4 Å². The Labute approximate surface area is 126 Å². The van der Waals surface area contributed by atoms with Crippen LogP contribution in [0.3, 0.4) is 0 Å². The molecule has 1 N–H and O–H groups in total. The predicted molar refractivity (Wildman–Crippen MR) is 74.6 cm³/mol. The monoisotopic (exact) mass is 330 g/mol. The maximum atomic E-state index is 12.4. The van der Waals surface area contributed by atoms with Crippen molar-refractivity contribution in [1.82, 2.24) is 9.71 Å². The van der Waals surface area contributed by atoms with Gasteiger partial charge in [-0.3, -0.25) is 4.98 Å². The second kappa shape index (κ2) is 6.45. The zero-order valence-corrected chi connectivity index (χ0v) is 12.2. The summed E-state index contributed by atoms with van der Waals surface area (Å²) in [5.74, 6) is 0. The van der Waals surface area contributed by atoms with E-state index in [1.165, 1.54) is 0 Å². The standard InChI is InChI=1S/C14H13F3N2O2S/c15-14(16,17)11-4-6-13(7-5-11)22(20,21)19-10-8-12-3-1-2-9-18-12/h1-7,9,19H,8,10H2. The van der Waals surface area contributed by atoms with Gasteiger partial charge in [0.1, 0.15) is 0 Å². The van der Waals surface area contributed by atoms with Crippen LogP contribution in [0.25, 0.3) is 0 Å². The summed E-state index contributed by atoms with van der Waals surface area (Å²) in [5, 5.41) is 0. The first-order chi connectivity index (χ1) is 10.3. The van der Waals surface area contributed by atoms with Crippen molar-refractivity contribution in [3.05, 3.63) is 59.9 Å². The van der Waals surface area contributed by atoms with Crippen molar-refractivity contribution in [2.24, 2.45) is 0 Å². The first kappa shape index (κ1) is 16.4. The van der Waals surface area contributed by atoms with E-state index in [0.717, 1.165) is 30.0 Å². The number of nitrogens with one attached hydrogen (secondary N) is 1. The van der Waals surface area contributed by atoms with Crippen molar-refractivity contribution in [2.75, 3.05) is 6.54 Å². The lowest BCUT2D eigenvalue weighted by atomic mass is 10.2. The van der Waals surface area contributed by atoms with Crippen molar-refractivity contribution < 1.29 is 21.6 Å². The van der Waals surface area contributed by atoms with E-state index in [9.17, 15) is 21.6 Å². The molecule has 118 valence electrons. The molecule has 0 spiro atoms. The molecule has 0 amide bonds. The fourth-order valence-corrected chi connectivity index (χ4v) is 2.80. The van der Waals surface area contributed by atoms with Crippen LogP contribution < -0.4 is 4.72 Å². The van der Waals surface area contributed by atoms with Crippen LogP contribution in [0, 0.1) is 0 Å². The number of alkyl halides is 3. The first-order valence-corrected chi connectivity index (χ1v) is 7.84. The van der Waals surface area contributed by atoms with E-state index < -0.39 is 21.8 Å². The molecule has 0 saturated heterocycles. The van der Waals surface area contributed by atoms with Crippen molar-refractivity contribution in [3.8, 4) is 0 Å². The lowest BCUT2D eigenvalue weighted by Gasteiger charge is -2.09. The van der Waals surface area contributed by atoms with Gasteiger partial charge in [0.15, 0.2) is 0 Å². The molecule has 1 aromatic heterocycles. The fourth-order valence-electron chi connectivity index (χ4n) is 1.77. The molecule has 0 unspecified atom stereocenters. The zero-order chi connectivity index (χ0) is 16.2. The Balaban J connectivity index is 2.01. The van der Waals surface area contributed by atoms with Crippen molar-refractivity contribution >= 4 is 10.0 Å². The Hall–Kier alpha value is -1.93. The molecule has 22 heavy (non-hydrogen) atoms. The minimum atomic E-state index is -4.49. The number of hydrogen-bond donors (Lipinski definition) is 1. The summed E-state index contributed by atoms with van der Waals surface area (Å²) in [7, 11) is -3.84. The van der Waals surface area contributed by atoms with E-state index in [1.54, 1.807) is 24.4 Å². The predicted octanol–water partition coefficient (Wildman–Crippen LogP) is 2.62. The molecule has 1 heterocycles. The SMILES string of the molecule is O=S(=O)(NCCc1ccccn1)c1ccc(C(F)(F)F)cc1. The highest BCUT2D eigenvalue weighted by molar-refractivity contribution is 7.89. The quantitative estimate of drug-likeness (QED) is 0.917. The molecule has 0 bridgehead atoms. The molecular weight excluding hydrogens is 317 g/mol. The van der Waals surface area contributed by atoms with E-state index in [-0.39, 0.29) is 11.4 Å². The summed E-state index contributed by atoms with van der Waals surface area (Å²) >= 11 is 0. The molecule has 0 aliphatic carbocycles. The molecule has 0 fully saturated rings. The lowest BCUT2D eigenvalue weighted by molar-refractivity contribution is -0.137. The Morgan fingerprint density at radius 1 is 1.05 bits per heavy atom. The molecule has 2 aromatic rings. The average molecular weight is 330 g/mol. The number of halogens is 3. The summed E-state index contributed by atoms with van der Waals surface area (Å²) in [5.41, 5.74) is -0.169. The van der Waals surface area contributed by atoms with Gasteiger partial charge in [-0.25, -0.2) is 13.1 Å². The van der Waals surface area contributed by atoms with Crippen LogP contribution in [0.4, 0.5) is 13.2 Å². The lowest BCUT2D eigenvalue weighted by Crippen LogP contribution is -2.26. The largest absolute Gasteiger partial charge is 0.416 e. The van der Waals surface area contributed by atoms with E-state index in [1.807, 2.05) is 0 Å². The van der Waals surface area contributed by atoms with Crippen LogP contribution in [-0.4, -0.2) is 19.9 Å². The number of sulfonamides is 1. The number of pyridine rings is 1. The van der Waals surface area contributed by atoms with E-state index in [4.69, 9.17) is 0 Å². The molecule has 0 aliphatic rings. The van der Waals surface area contributed by atoms with E-state index in [2.05, 4.69) is 9.71 Å².